The van der Waals surface area contributed by atoms with Crippen LogP contribution < -0.4 is 0 Å². The summed E-state index contributed by atoms with van der Waals surface area (Å²) in [5.74, 6) is 0. The topological polar surface area (TPSA) is 60.5 Å². The summed E-state index contributed by atoms with van der Waals surface area (Å²) in [7, 11) is 0. The van der Waals surface area contributed by atoms with Crippen molar-refractivity contribution in [1.29, 1.82) is 0 Å². The summed E-state index contributed by atoms with van der Waals surface area (Å²) >= 11 is 0. The van der Waals surface area contributed by atoms with E-state index in [0.717, 1.165) is 27.6 Å². The molecule has 0 atom stereocenters. The number of nitrogens with one attached hydrogen (secondary N) is 3. The van der Waals surface area contributed by atoms with Gasteiger partial charge in [0.2, 0.25) is 0 Å². The van der Waals surface area contributed by atoms with Gasteiger partial charge in [0.1, 0.15) is 11.2 Å². The molecule has 0 fully saturated rings. The monoisotopic (exact) mass is 457 g/mol. The second kappa shape index (κ2) is 5.02. The summed E-state index contributed by atoms with van der Waals surface area (Å²) in [6.45, 7) is 0. The molecular formula is C32H15N3O. The molecule has 7 aromatic carbocycles. The lowest BCUT2D eigenvalue weighted by Gasteiger charge is -2.08. The Morgan fingerprint density at radius 3 is 1.42 bits per heavy atom. The molecule has 0 radical (unpaired) electrons. The Morgan fingerprint density at radius 1 is 0.389 bits per heavy atom. The SMILES string of the molecule is c1ccc2c(c1)c1[nH]c3ccc4[nH]c5c6ccccc6c6oc7ccc8[nH]c2c2c8c7c6c5c4c3c12. The van der Waals surface area contributed by atoms with E-state index >= 15 is 0 Å². The lowest BCUT2D eigenvalue weighted by molar-refractivity contribution is 0.673. The third kappa shape index (κ3) is 1.51. The van der Waals surface area contributed by atoms with Crippen LogP contribution in [-0.2, 0) is 0 Å². The number of H-pyrrole nitrogens is 3. The lowest BCUT2D eigenvalue weighted by atomic mass is 9.91. The molecule has 11 rings (SSSR count). The zero-order chi connectivity index (χ0) is 22.9. The first-order valence-corrected chi connectivity index (χ1v) is 12.4. The van der Waals surface area contributed by atoms with E-state index in [0.29, 0.717) is 0 Å². The van der Waals surface area contributed by atoms with Gasteiger partial charge in [-0.3, -0.25) is 0 Å². The van der Waals surface area contributed by atoms with Crippen molar-refractivity contribution in [3.8, 4) is 0 Å². The van der Waals surface area contributed by atoms with Gasteiger partial charge in [-0.15, -0.1) is 0 Å². The van der Waals surface area contributed by atoms with Crippen molar-refractivity contribution >= 4 is 109 Å². The molecule has 0 unspecified atom stereocenters. The smallest absolute Gasteiger partial charge is 0.144 e. The number of rotatable bonds is 0. The van der Waals surface area contributed by atoms with Crippen molar-refractivity contribution in [2.75, 3.05) is 0 Å². The minimum atomic E-state index is 0.942. The summed E-state index contributed by atoms with van der Waals surface area (Å²) in [4.78, 5) is 11.5. The van der Waals surface area contributed by atoms with Gasteiger partial charge in [0.15, 0.2) is 0 Å². The molecule has 0 spiro atoms. The molecule has 0 aliphatic rings. The number of benzene rings is 6. The van der Waals surface area contributed by atoms with Crippen LogP contribution in [0.2, 0.25) is 0 Å². The summed E-state index contributed by atoms with van der Waals surface area (Å²) < 4.78 is 6.73. The molecule has 11 aromatic rings. The molecular weight excluding hydrogens is 442 g/mol. The molecule has 4 nitrogen and oxygen atoms in total. The van der Waals surface area contributed by atoms with E-state index in [1.54, 1.807) is 0 Å². The quantitative estimate of drug-likeness (QED) is 0.209. The highest BCUT2D eigenvalue weighted by atomic mass is 16.3. The van der Waals surface area contributed by atoms with Crippen LogP contribution in [0, 0.1) is 0 Å². The maximum Gasteiger partial charge on any atom is 0.144 e. The van der Waals surface area contributed by atoms with Crippen LogP contribution in [0.5, 0.6) is 0 Å². The summed E-state index contributed by atoms with van der Waals surface area (Å²) in [6.07, 6.45) is 0. The largest absolute Gasteiger partial charge is 0.455 e. The number of aromatic amines is 3. The van der Waals surface area contributed by atoms with Gasteiger partial charge in [0, 0.05) is 81.2 Å². The van der Waals surface area contributed by atoms with Gasteiger partial charge in [0.05, 0.1) is 16.6 Å². The fourth-order valence-corrected chi connectivity index (χ4v) is 7.45. The molecule has 3 N–H and O–H groups in total. The Labute approximate surface area is 201 Å². The third-order valence-electron chi connectivity index (χ3n) is 8.75. The normalized spacial score (nSPS) is 13.6. The maximum atomic E-state index is 6.73. The van der Waals surface area contributed by atoms with Crippen LogP contribution in [0.15, 0.2) is 77.2 Å². The first kappa shape index (κ1) is 16.6. The van der Waals surface area contributed by atoms with Gasteiger partial charge in [-0.05, 0) is 24.3 Å². The van der Waals surface area contributed by atoms with E-state index in [4.69, 9.17) is 4.42 Å². The van der Waals surface area contributed by atoms with E-state index in [1.807, 2.05) is 0 Å². The van der Waals surface area contributed by atoms with Crippen LogP contribution in [0.1, 0.15) is 0 Å². The van der Waals surface area contributed by atoms with Gasteiger partial charge in [-0.1, -0.05) is 48.5 Å². The van der Waals surface area contributed by atoms with Crippen LogP contribution in [-0.4, -0.2) is 15.0 Å². The predicted octanol–water partition coefficient (Wildman–Crippen LogP) is 9.11. The van der Waals surface area contributed by atoms with Gasteiger partial charge in [-0.25, -0.2) is 0 Å². The molecule has 0 saturated heterocycles. The van der Waals surface area contributed by atoms with Crippen molar-refractivity contribution in [3.05, 3.63) is 72.8 Å². The number of furan rings is 1. The van der Waals surface area contributed by atoms with Crippen LogP contribution in [0.25, 0.3) is 109 Å². The van der Waals surface area contributed by atoms with Crippen molar-refractivity contribution in [2.24, 2.45) is 0 Å². The standard InChI is InChI=1S/C32H15N3O/c1-2-6-14-13(5-1)29-25-21-17(33-29)9-10-18-22(21)27-28-24-20(12-11-19-23(24)26(25)30(14)35-19)36-32(28)16-8-4-3-7-15(16)31(27)34-18/h1-12,33-35H. The zero-order valence-corrected chi connectivity index (χ0v) is 18.8. The van der Waals surface area contributed by atoms with Crippen LogP contribution >= 0.6 is 0 Å². The summed E-state index contributed by atoms with van der Waals surface area (Å²) in [6, 6.07) is 26.1. The predicted molar refractivity (Wildman–Crippen MR) is 150 cm³/mol. The first-order chi connectivity index (χ1) is 17.9. The molecule has 4 heteroatoms. The van der Waals surface area contributed by atoms with Crippen molar-refractivity contribution in [1.82, 2.24) is 15.0 Å². The highest BCUT2D eigenvalue weighted by molar-refractivity contribution is 6.49. The molecule has 4 aromatic heterocycles. The van der Waals surface area contributed by atoms with E-state index in [9.17, 15) is 0 Å². The molecule has 36 heavy (non-hydrogen) atoms. The van der Waals surface area contributed by atoms with Crippen LogP contribution in [0.4, 0.5) is 0 Å². The average Bonchev–Trinajstić information content (AvgIpc) is 3.66. The Morgan fingerprint density at radius 2 is 0.833 bits per heavy atom. The molecule has 0 aliphatic heterocycles. The Hall–Kier alpha value is -4.96. The highest BCUT2D eigenvalue weighted by Crippen LogP contribution is 2.53. The molecule has 4 heterocycles. The third-order valence-corrected chi connectivity index (χ3v) is 8.75. The summed E-state index contributed by atoms with van der Waals surface area (Å²) in [5, 5.41) is 15.0. The Bertz CT molecular complexity index is 2320. The lowest BCUT2D eigenvalue weighted by Crippen LogP contribution is -1.82. The molecule has 0 aliphatic carbocycles. The van der Waals surface area contributed by atoms with Gasteiger partial charge < -0.3 is 19.4 Å². The number of hydrogen-bond donors (Lipinski definition) is 3. The van der Waals surface area contributed by atoms with Crippen molar-refractivity contribution in [2.45, 2.75) is 0 Å². The van der Waals surface area contributed by atoms with Gasteiger partial charge in [0.25, 0.3) is 0 Å². The van der Waals surface area contributed by atoms with Crippen LogP contribution in [0.3, 0.4) is 0 Å². The fourth-order valence-electron chi connectivity index (χ4n) is 7.45. The van der Waals surface area contributed by atoms with Gasteiger partial charge in [-0.2, -0.15) is 0 Å². The second-order valence-corrected chi connectivity index (χ2v) is 10.3. The van der Waals surface area contributed by atoms with E-state index in [-0.39, 0.29) is 0 Å². The van der Waals surface area contributed by atoms with E-state index in [2.05, 4.69) is 87.7 Å². The Balaban J connectivity index is 1.70. The number of fused-ring (bicyclic) bond motifs is 6. The highest BCUT2D eigenvalue weighted by Gasteiger charge is 2.28. The first-order valence-electron chi connectivity index (χ1n) is 12.4. The Kier molecular flexibility index (Phi) is 2.32. The van der Waals surface area contributed by atoms with E-state index in [1.165, 1.54) is 81.3 Å². The van der Waals surface area contributed by atoms with E-state index < -0.39 is 0 Å². The minimum Gasteiger partial charge on any atom is -0.455 e. The maximum absolute atomic E-state index is 6.73. The zero-order valence-electron chi connectivity index (χ0n) is 18.8. The van der Waals surface area contributed by atoms with Crippen molar-refractivity contribution < 1.29 is 4.42 Å². The van der Waals surface area contributed by atoms with Crippen molar-refractivity contribution in [3.63, 3.8) is 0 Å². The molecule has 0 bridgehead atoms. The fraction of sp³-hybridized carbons (Fsp3) is 0. The number of aromatic nitrogens is 3. The molecule has 0 amide bonds. The average molecular weight is 457 g/mol. The molecule has 0 saturated carbocycles. The van der Waals surface area contributed by atoms with Gasteiger partial charge >= 0.3 is 0 Å². The minimum absolute atomic E-state index is 0.942. The molecule has 164 valence electrons. The number of hydrogen-bond acceptors (Lipinski definition) is 1. The second-order valence-electron chi connectivity index (χ2n) is 10.3. The summed E-state index contributed by atoms with van der Waals surface area (Å²) in [5.41, 5.74) is 9.00.